The Morgan fingerprint density at radius 1 is 1.17 bits per heavy atom. The molecule has 0 bridgehead atoms. The van der Waals surface area contributed by atoms with Gasteiger partial charge in [0.2, 0.25) is 5.91 Å². The second-order valence-corrected chi connectivity index (χ2v) is 7.67. The highest BCUT2D eigenvalue weighted by molar-refractivity contribution is 6.31. The highest BCUT2D eigenvalue weighted by Crippen LogP contribution is 2.37. The number of hydrogen-bond donors (Lipinski definition) is 1. The number of nitrogens with zero attached hydrogens (tertiary/aromatic N) is 2. The van der Waals surface area contributed by atoms with E-state index in [-0.39, 0.29) is 18.5 Å². The monoisotopic (exact) mass is 411 g/mol. The Kier molecular flexibility index (Phi) is 5.89. The number of benzene rings is 2. The van der Waals surface area contributed by atoms with Gasteiger partial charge in [0.25, 0.3) is 0 Å². The lowest BCUT2D eigenvalue weighted by molar-refractivity contribution is -0.117. The largest absolute Gasteiger partial charge is 0.490 e. The number of nitrogens with one attached hydrogen (secondary N) is 1. The minimum absolute atomic E-state index is 0.146. The topological polar surface area (TPSA) is 74.6 Å². The Morgan fingerprint density at radius 3 is 2.83 bits per heavy atom. The van der Waals surface area contributed by atoms with Crippen LogP contribution in [-0.4, -0.2) is 37.1 Å². The van der Waals surface area contributed by atoms with Gasteiger partial charge in [-0.2, -0.15) is 5.26 Å². The van der Waals surface area contributed by atoms with Crippen LogP contribution in [0.5, 0.6) is 11.5 Å². The Hall–Kier alpha value is -2.75. The zero-order valence-corrected chi connectivity index (χ0v) is 16.7. The minimum Gasteiger partial charge on any atom is -0.490 e. The summed E-state index contributed by atoms with van der Waals surface area (Å²) in [5.74, 6) is 1.39. The van der Waals surface area contributed by atoms with Crippen LogP contribution in [0.3, 0.4) is 0 Å². The predicted octanol–water partition coefficient (Wildman–Crippen LogP) is 4.15. The second-order valence-electron chi connectivity index (χ2n) is 7.24. The number of fused-ring (bicyclic) bond motifs is 1. The fourth-order valence-electron chi connectivity index (χ4n) is 3.87. The molecule has 6 nitrogen and oxygen atoms in total. The summed E-state index contributed by atoms with van der Waals surface area (Å²) >= 11 is 6.01. The summed E-state index contributed by atoms with van der Waals surface area (Å²) in [6.07, 6.45) is 2.87. The van der Waals surface area contributed by atoms with Crippen LogP contribution >= 0.6 is 11.6 Å². The molecule has 4 rings (SSSR count). The fraction of sp³-hybridized carbons (Fsp3) is 0.364. The number of hydrogen-bond acceptors (Lipinski definition) is 5. The van der Waals surface area contributed by atoms with Gasteiger partial charge in [0.15, 0.2) is 11.5 Å². The first-order valence-electron chi connectivity index (χ1n) is 9.77. The van der Waals surface area contributed by atoms with Crippen molar-refractivity contribution in [2.45, 2.75) is 25.3 Å². The number of likely N-dealkylation sites (tertiary alicyclic amines) is 1. The number of carbonyl (C=O) groups excluding carboxylic acids is 1. The molecule has 0 aliphatic carbocycles. The van der Waals surface area contributed by atoms with Crippen LogP contribution in [-0.2, 0) is 4.79 Å². The molecule has 150 valence electrons. The smallest absolute Gasteiger partial charge is 0.238 e. The molecule has 1 saturated heterocycles. The number of ether oxygens (including phenoxy) is 2. The fourth-order valence-corrected chi connectivity index (χ4v) is 4.04. The molecule has 0 spiro atoms. The van der Waals surface area contributed by atoms with Gasteiger partial charge in [-0.25, -0.2) is 0 Å². The van der Waals surface area contributed by atoms with Gasteiger partial charge in [-0.15, -0.1) is 0 Å². The third kappa shape index (κ3) is 4.47. The SMILES string of the molecule is N#Cc1ccc(Cl)cc1NC(=O)CN1CCCC1c1ccc2c(c1)OCCCO2. The first kappa shape index (κ1) is 19.6. The van der Waals surface area contributed by atoms with Gasteiger partial charge >= 0.3 is 0 Å². The maximum atomic E-state index is 12.7. The average Bonchev–Trinajstić information content (AvgIpc) is 3.03. The zero-order valence-electron chi connectivity index (χ0n) is 16.0. The van der Waals surface area contributed by atoms with Crippen molar-refractivity contribution in [1.29, 1.82) is 5.26 Å². The van der Waals surface area contributed by atoms with Crippen molar-refractivity contribution >= 4 is 23.2 Å². The molecule has 2 aliphatic rings. The van der Waals surface area contributed by atoms with E-state index in [0.29, 0.717) is 29.5 Å². The van der Waals surface area contributed by atoms with Crippen LogP contribution in [0.2, 0.25) is 5.02 Å². The number of nitriles is 1. The van der Waals surface area contributed by atoms with Crippen LogP contribution < -0.4 is 14.8 Å². The van der Waals surface area contributed by atoms with Crippen molar-refractivity contribution in [2.75, 3.05) is 31.6 Å². The summed E-state index contributed by atoms with van der Waals surface area (Å²) in [6, 6.07) is 13.1. The van der Waals surface area contributed by atoms with Crippen LogP contribution in [0.25, 0.3) is 0 Å². The molecule has 2 aromatic carbocycles. The van der Waals surface area contributed by atoms with Gasteiger partial charge in [-0.3, -0.25) is 9.69 Å². The van der Waals surface area contributed by atoms with Crippen LogP contribution in [0.4, 0.5) is 5.69 Å². The molecule has 2 aliphatic heterocycles. The molecule has 0 saturated carbocycles. The van der Waals surface area contributed by atoms with E-state index in [0.717, 1.165) is 42.9 Å². The number of amides is 1. The normalized spacial score (nSPS) is 18.7. The van der Waals surface area contributed by atoms with Gasteiger partial charge in [-0.1, -0.05) is 17.7 Å². The summed E-state index contributed by atoms with van der Waals surface area (Å²) in [5.41, 5.74) is 1.96. The maximum absolute atomic E-state index is 12.7. The molecule has 2 heterocycles. The van der Waals surface area contributed by atoms with Crippen LogP contribution in [0.1, 0.15) is 36.4 Å². The standard InChI is InChI=1S/C22H22ClN3O3/c23-17-6-4-16(13-24)18(12-17)25-22(27)14-26-8-1-3-19(26)15-5-7-20-21(11-15)29-10-2-9-28-20/h4-7,11-12,19H,1-3,8-10,14H2,(H,25,27). The van der Waals surface area contributed by atoms with Crippen molar-refractivity contribution in [3.63, 3.8) is 0 Å². The molecule has 1 N–H and O–H groups in total. The van der Waals surface area contributed by atoms with Gasteiger partial charge in [0.1, 0.15) is 6.07 Å². The van der Waals surface area contributed by atoms with Gasteiger partial charge < -0.3 is 14.8 Å². The first-order valence-corrected chi connectivity index (χ1v) is 10.1. The van der Waals surface area contributed by atoms with E-state index in [1.165, 1.54) is 0 Å². The van der Waals surface area contributed by atoms with E-state index >= 15 is 0 Å². The van der Waals surface area contributed by atoms with Gasteiger partial charge in [0.05, 0.1) is 31.0 Å². The Labute approximate surface area is 175 Å². The van der Waals surface area contributed by atoms with E-state index in [4.69, 9.17) is 21.1 Å². The molecular weight excluding hydrogens is 390 g/mol. The second kappa shape index (κ2) is 8.73. The quantitative estimate of drug-likeness (QED) is 0.818. The highest BCUT2D eigenvalue weighted by Gasteiger charge is 2.28. The molecule has 7 heteroatoms. The molecule has 2 aromatic rings. The maximum Gasteiger partial charge on any atom is 0.238 e. The number of carbonyl (C=O) groups is 1. The predicted molar refractivity (Wildman–Crippen MR) is 110 cm³/mol. The summed E-state index contributed by atoms with van der Waals surface area (Å²) in [5, 5.41) is 12.5. The number of rotatable bonds is 4. The third-order valence-corrected chi connectivity index (χ3v) is 5.48. The van der Waals surface area contributed by atoms with E-state index in [1.807, 2.05) is 12.1 Å². The minimum atomic E-state index is -0.162. The van der Waals surface area contributed by atoms with Gasteiger partial charge in [-0.05, 0) is 55.3 Å². The van der Waals surface area contributed by atoms with Crippen LogP contribution in [0, 0.1) is 11.3 Å². The van der Waals surface area contributed by atoms with E-state index in [1.54, 1.807) is 18.2 Å². The van der Waals surface area contributed by atoms with E-state index in [9.17, 15) is 10.1 Å². The lowest BCUT2D eigenvalue weighted by Crippen LogP contribution is -2.33. The summed E-state index contributed by atoms with van der Waals surface area (Å²) in [4.78, 5) is 14.8. The lowest BCUT2D eigenvalue weighted by Gasteiger charge is -2.25. The molecule has 29 heavy (non-hydrogen) atoms. The Balaban J connectivity index is 1.47. The van der Waals surface area contributed by atoms with Crippen molar-refractivity contribution < 1.29 is 14.3 Å². The molecule has 0 aromatic heterocycles. The lowest BCUT2D eigenvalue weighted by atomic mass is 10.0. The molecule has 0 radical (unpaired) electrons. The summed E-state index contributed by atoms with van der Waals surface area (Å²) < 4.78 is 11.5. The molecule has 1 amide bonds. The van der Waals surface area contributed by atoms with Crippen molar-refractivity contribution in [2.24, 2.45) is 0 Å². The first-order chi connectivity index (χ1) is 14.1. The Bertz CT molecular complexity index is 957. The van der Waals surface area contributed by atoms with Crippen LogP contribution in [0.15, 0.2) is 36.4 Å². The number of halogens is 1. The Morgan fingerprint density at radius 2 is 2.00 bits per heavy atom. The molecule has 1 fully saturated rings. The zero-order chi connectivity index (χ0) is 20.2. The van der Waals surface area contributed by atoms with Crippen molar-refractivity contribution in [1.82, 2.24) is 4.90 Å². The van der Waals surface area contributed by atoms with Crippen molar-refractivity contribution in [3.05, 3.63) is 52.5 Å². The third-order valence-electron chi connectivity index (χ3n) is 5.24. The van der Waals surface area contributed by atoms with E-state index in [2.05, 4.69) is 22.4 Å². The van der Waals surface area contributed by atoms with E-state index < -0.39 is 0 Å². The molecule has 1 unspecified atom stereocenters. The number of anilines is 1. The molecule has 1 atom stereocenters. The summed E-state index contributed by atoms with van der Waals surface area (Å²) in [6.45, 7) is 2.40. The highest BCUT2D eigenvalue weighted by atomic mass is 35.5. The van der Waals surface area contributed by atoms with Gasteiger partial charge in [0, 0.05) is 17.5 Å². The summed E-state index contributed by atoms with van der Waals surface area (Å²) in [7, 11) is 0. The molecular formula is C22H22ClN3O3. The van der Waals surface area contributed by atoms with Crippen molar-refractivity contribution in [3.8, 4) is 17.6 Å². The average molecular weight is 412 g/mol.